The molecule has 1 aliphatic carbocycles. The fourth-order valence-corrected chi connectivity index (χ4v) is 3.35. The second-order valence-corrected chi connectivity index (χ2v) is 6.63. The number of hydrogen-bond acceptors (Lipinski definition) is 4. The summed E-state index contributed by atoms with van der Waals surface area (Å²) in [6.45, 7) is 3.28. The lowest BCUT2D eigenvalue weighted by Crippen LogP contribution is -2.42. The molecule has 1 N–H and O–H groups in total. The number of nitrogens with one attached hydrogen (secondary N) is 1. The minimum Gasteiger partial charge on any atom is -0.486 e. The predicted molar refractivity (Wildman–Crippen MR) is 82.4 cm³/mol. The molecule has 0 bridgehead atoms. The Labute approximate surface area is 134 Å². The summed E-state index contributed by atoms with van der Waals surface area (Å²) in [6, 6.07) is 5.10. The molecule has 122 valence electrons. The van der Waals surface area contributed by atoms with Gasteiger partial charge in [-0.3, -0.25) is 9.69 Å². The number of hydrogen-bond donors (Lipinski definition) is 1. The smallest absolute Gasteiger partial charge is 0.325 e. The lowest BCUT2D eigenvalue weighted by Gasteiger charge is -2.29. The Balaban J connectivity index is 1.62. The molecule has 1 saturated carbocycles. The summed E-state index contributed by atoms with van der Waals surface area (Å²) in [5, 5.41) is 2.85. The van der Waals surface area contributed by atoms with Crippen LogP contribution >= 0.6 is 0 Å². The molecule has 0 radical (unpaired) electrons. The van der Waals surface area contributed by atoms with Crippen LogP contribution in [0, 0.1) is 5.92 Å². The number of carbonyl (C=O) groups is 2. The van der Waals surface area contributed by atoms with Gasteiger partial charge in [0.05, 0.1) is 0 Å². The van der Waals surface area contributed by atoms with Gasteiger partial charge in [0.2, 0.25) is 0 Å². The topological polar surface area (TPSA) is 67.9 Å². The summed E-state index contributed by atoms with van der Waals surface area (Å²) in [5.74, 6) is 1.56. The average molecular weight is 316 g/mol. The van der Waals surface area contributed by atoms with Crippen molar-refractivity contribution in [1.82, 2.24) is 10.2 Å². The predicted octanol–water partition coefficient (Wildman–Crippen LogP) is 2.02. The van der Waals surface area contributed by atoms with Crippen LogP contribution in [0.25, 0.3) is 0 Å². The molecule has 2 heterocycles. The van der Waals surface area contributed by atoms with Crippen LogP contribution in [-0.2, 0) is 10.3 Å². The summed E-state index contributed by atoms with van der Waals surface area (Å²) in [4.78, 5) is 26.5. The van der Waals surface area contributed by atoms with E-state index in [1.807, 2.05) is 6.07 Å². The average Bonchev–Trinajstić information content (AvgIpc) is 2.73. The van der Waals surface area contributed by atoms with Gasteiger partial charge in [-0.1, -0.05) is 12.5 Å². The maximum Gasteiger partial charge on any atom is 0.325 e. The summed E-state index contributed by atoms with van der Waals surface area (Å²) in [5.41, 5.74) is -0.326. The molecule has 1 atom stereocenters. The van der Waals surface area contributed by atoms with Crippen molar-refractivity contribution in [3.8, 4) is 11.5 Å². The number of rotatable bonds is 3. The van der Waals surface area contributed by atoms with Crippen molar-refractivity contribution in [3.05, 3.63) is 23.8 Å². The molecule has 6 heteroatoms. The first-order valence-electron chi connectivity index (χ1n) is 8.12. The van der Waals surface area contributed by atoms with Crippen molar-refractivity contribution < 1.29 is 19.1 Å². The number of nitrogens with zero attached hydrogens (tertiary/aromatic N) is 1. The van der Waals surface area contributed by atoms with Crippen LogP contribution < -0.4 is 14.8 Å². The van der Waals surface area contributed by atoms with Crippen molar-refractivity contribution in [2.24, 2.45) is 5.92 Å². The van der Waals surface area contributed by atoms with Crippen molar-refractivity contribution in [3.63, 3.8) is 0 Å². The number of fused-ring (bicyclic) bond motifs is 1. The Kier molecular flexibility index (Phi) is 3.21. The van der Waals surface area contributed by atoms with Gasteiger partial charge in [-0.2, -0.15) is 0 Å². The molecule has 1 aromatic rings. The molecule has 1 unspecified atom stereocenters. The zero-order chi connectivity index (χ0) is 16.0. The van der Waals surface area contributed by atoms with Crippen LogP contribution in [-0.4, -0.2) is 36.6 Å². The van der Waals surface area contributed by atoms with Gasteiger partial charge in [0.15, 0.2) is 11.5 Å². The van der Waals surface area contributed by atoms with E-state index in [1.165, 1.54) is 11.3 Å². The summed E-state index contributed by atoms with van der Waals surface area (Å²) < 4.78 is 11.1. The zero-order valence-corrected chi connectivity index (χ0v) is 13.1. The van der Waals surface area contributed by atoms with Crippen molar-refractivity contribution in [2.75, 3.05) is 19.8 Å². The molecular weight excluding hydrogens is 296 g/mol. The fourth-order valence-electron chi connectivity index (χ4n) is 3.35. The SMILES string of the molecule is CC1(c2ccc3c(c2)OCCO3)NC(=O)N(CC2CCC2)C1=O. The van der Waals surface area contributed by atoms with Gasteiger partial charge in [0, 0.05) is 6.54 Å². The number of urea groups is 1. The highest BCUT2D eigenvalue weighted by atomic mass is 16.6. The van der Waals surface area contributed by atoms with Gasteiger partial charge >= 0.3 is 6.03 Å². The fraction of sp³-hybridized carbons (Fsp3) is 0.529. The van der Waals surface area contributed by atoms with E-state index in [4.69, 9.17) is 9.47 Å². The number of imide groups is 1. The lowest BCUT2D eigenvalue weighted by molar-refractivity contribution is -0.131. The van der Waals surface area contributed by atoms with Crippen molar-refractivity contribution in [1.29, 1.82) is 0 Å². The van der Waals surface area contributed by atoms with Gasteiger partial charge in [-0.05, 0) is 43.4 Å². The highest BCUT2D eigenvalue weighted by Gasteiger charge is 2.49. The third kappa shape index (κ3) is 2.24. The van der Waals surface area contributed by atoms with Crippen LogP contribution in [0.2, 0.25) is 0 Å². The molecular formula is C17H20N2O4. The molecule has 6 nitrogen and oxygen atoms in total. The zero-order valence-electron chi connectivity index (χ0n) is 13.1. The molecule has 2 aliphatic heterocycles. The van der Waals surface area contributed by atoms with Gasteiger partial charge in [0.25, 0.3) is 5.91 Å². The molecule has 2 fully saturated rings. The van der Waals surface area contributed by atoms with Gasteiger partial charge < -0.3 is 14.8 Å². The first kappa shape index (κ1) is 14.4. The van der Waals surface area contributed by atoms with Crippen molar-refractivity contribution in [2.45, 2.75) is 31.7 Å². The third-order valence-corrected chi connectivity index (χ3v) is 5.06. The molecule has 1 aromatic carbocycles. The lowest BCUT2D eigenvalue weighted by atomic mass is 9.84. The molecule has 1 saturated heterocycles. The quantitative estimate of drug-likeness (QED) is 0.866. The Bertz CT molecular complexity index is 671. The first-order valence-corrected chi connectivity index (χ1v) is 8.12. The largest absolute Gasteiger partial charge is 0.486 e. The van der Waals surface area contributed by atoms with E-state index in [-0.39, 0.29) is 11.9 Å². The maximum absolute atomic E-state index is 12.9. The van der Waals surface area contributed by atoms with Gasteiger partial charge in [-0.25, -0.2) is 4.79 Å². The minimum atomic E-state index is -1.04. The normalized spacial score (nSPS) is 26.9. The first-order chi connectivity index (χ1) is 11.1. The maximum atomic E-state index is 12.9. The summed E-state index contributed by atoms with van der Waals surface area (Å²) in [6.07, 6.45) is 3.38. The highest BCUT2D eigenvalue weighted by molar-refractivity contribution is 6.07. The Morgan fingerprint density at radius 1 is 1.22 bits per heavy atom. The van der Waals surface area contributed by atoms with Crippen LogP contribution in [0.15, 0.2) is 18.2 Å². The third-order valence-electron chi connectivity index (χ3n) is 5.06. The Morgan fingerprint density at radius 2 is 1.96 bits per heavy atom. The van der Waals surface area contributed by atoms with Crippen LogP contribution in [0.3, 0.4) is 0 Å². The second kappa shape index (κ2) is 5.15. The van der Waals surface area contributed by atoms with Crippen LogP contribution in [0.4, 0.5) is 4.79 Å². The monoisotopic (exact) mass is 316 g/mol. The number of benzene rings is 1. The van der Waals surface area contributed by atoms with E-state index in [0.29, 0.717) is 37.2 Å². The molecule has 0 aromatic heterocycles. The van der Waals surface area contributed by atoms with Crippen molar-refractivity contribution >= 4 is 11.9 Å². The number of ether oxygens (including phenoxy) is 2. The highest BCUT2D eigenvalue weighted by Crippen LogP contribution is 2.37. The molecule has 4 rings (SSSR count). The summed E-state index contributed by atoms with van der Waals surface area (Å²) in [7, 11) is 0. The van der Waals surface area contributed by atoms with E-state index >= 15 is 0 Å². The Hall–Kier alpha value is -2.24. The van der Waals surface area contributed by atoms with E-state index in [0.717, 1.165) is 18.4 Å². The van der Waals surface area contributed by atoms with Gasteiger partial charge in [0.1, 0.15) is 18.8 Å². The van der Waals surface area contributed by atoms with E-state index < -0.39 is 5.54 Å². The van der Waals surface area contributed by atoms with Gasteiger partial charge in [-0.15, -0.1) is 0 Å². The minimum absolute atomic E-state index is 0.189. The number of amides is 3. The summed E-state index contributed by atoms with van der Waals surface area (Å²) >= 11 is 0. The van der Waals surface area contributed by atoms with E-state index in [1.54, 1.807) is 19.1 Å². The molecule has 23 heavy (non-hydrogen) atoms. The van der Waals surface area contributed by atoms with E-state index in [2.05, 4.69) is 5.32 Å². The standard InChI is InChI=1S/C17H20N2O4/c1-17(12-5-6-13-14(9-12)23-8-7-22-13)15(20)19(16(21)18-17)10-11-3-2-4-11/h5-6,9,11H,2-4,7-8,10H2,1H3,(H,18,21). The van der Waals surface area contributed by atoms with Crippen LogP contribution in [0.5, 0.6) is 11.5 Å². The molecule has 3 aliphatic rings. The molecule has 0 spiro atoms. The number of carbonyl (C=O) groups excluding carboxylic acids is 2. The Morgan fingerprint density at radius 3 is 2.65 bits per heavy atom. The van der Waals surface area contributed by atoms with Crippen LogP contribution in [0.1, 0.15) is 31.7 Å². The molecule has 3 amide bonds. The second-order valence-electron chi connectivity index (χ2n) is 6.63. The van der Waals surface area contributed by atoms with E-state index in [9.17, 15) is 9.59 Å².